The lowest BCUT2D eigenvalue weighted by Crippen LogP contribution is -2.33. The molecule has 1 fully saturated rings. The van der Waals surface area contributed by atoms with Crippen LogP contribution in [0.25, 0.3) is 0 Å². The fourth-order valence-electron chi connectivity index (χ4n) is 2.67. The van der Waals surface area contributed by atoms with E-state index in [0.29, 0.717) is 11.1 Å². The molecule has 0 saturated heterocycles. The molecule has 0 unspecified atom stereocenters. The number of nitrogens with one attached hydrogen (secondary N) is 1. The summed E-state index contributed by atoms with van der Waals surface area (Å²) in [5.74, 6) is -0.747. The number of aryl methyl sites for hydroxylation is 2. The van der Waals surface area contributed by atoms with Crippen LogP contribution < -0.4 is 5.32 Å². The number of rotatable bonds is 5. The molecular weight excluding hydrogens is 302 g/mol. The summed E-state index contributed by atoms with van der Waals surface area (Å²) in [6.07, 6.45) is 1.04. The highest BCUT2D eigenvalue weighted by Crippen LogP contribution is 2.24. The van der Waals surface area contributed by atoms with E-state index >= 15 is 0 Å². The molecule has 4 nitrogen and oxygen atoms in total. The van der Waals surface area contributed by atoms with Gasteiger partial charge in [0.05, 0.1) is 5.56 Å². The highest BCUT2D eigenvalue weighted by molar-refractivity contribution is 5.93. The molecule has 1 amide bonds. The Morgan fingerprint density at radius 1 is 1.04 bits per heavy atom. The third kappa shape index (κ3) is 4.02. The van der Waals surface area contributed by atoms with Crippen molar-refractivity contribution in [1.29, 1.82) is 0 Å². The van der Waals surface area contributed by atoms with Gasteiger partial charge in [-0.1, -0.05) is 47.5 Å². The molecular formula is C20H21NO3. The highest BCUT2D eigenvalue weighted by atomic mass is 16.5. The summed E-state index contributed by atoms with van der Waals surface area (Å²) >= 11 is 0. The van der Waals surface area contributed by atoms with E-state index in [1.165, 1.54) is 0 Å². The Hall–Kier alpha value is -2.62. The molecule has 2 aromatic rings. The summed E-state index contributed by atoms with van der Waals surface area (Å²) in [6, 6.07) is 14.9. The molecule has 1 aliphatic rings. The minimum Gasteiger partial charge on any atom is -0.444 e. The predicted molar refractivity (Wildman–Crippen MR) is 91.7 cm³/mol. The topological polar surface area (TPSA) is 55.4 Å². The molecule has 2 aromatic carbocycles. The number of carbonyl (C=O) groups is 2. The third-order valence-electron chi connectivity index (χ3n) is 3.95. The van der Waals surface area contributed by atoms with E-state index in [1.54, 1.807) is 24.3 Å². The van der Waals surface area contributed by atoms with Gasteiger partial charge >= 0.3 is 5.97 Å². The van der Waals surface area contributed by atoms with E-state index in [1.807, 2.05) is 38.1 Å². The van der Waals surface area contributed by atoms with E-state index in [-0.39, 0.29) is 11.9 Å². The van der Waals surface area contributed by atoms with Crippen molar-refractivity contribution in [1.82, 2.24) is 5.32 Å². The molecule has 1 saturated carbocycles. The summed E-state index contributed by atoms with van der Waals surface area (Å²) in [5.41, 5.74) is 3.11. The zero-order chi connectivity index (χ0) is 17.1. The van der Waals surface area contributed by atoms with Crippen molar-refractivity contribution >= 4 is 11.9 Å². The number of hydrogen-bond acceptors (Lipinski definition) is 3. The number of benzene rings is 2. The van der Waals surface area contributed by atoms with Crippen molar-refractivity contribution in [3.8, 4) is 0 Å². The Labute approximate surface area is 141 Å². The van der Waals surface area contributed by atoms with E-state index in [0.717, 1.165) is 24.0 Å². The summed E-state index contributed by atoms with van der Waals surface area (Å²) in [4.78, 5) is 25.0. The van der Waals surface area contributed by atoms with Gasteiger partial charge in [-0.2, -0.15) is 0 Å². The van der Waals surface area contributed by atoms with Crippen molar-refractivity contribution in [2.75, 3.05) is 0 Å². The van der Waals surface area contributed by atoms with E-state index in [4.69, 9.17) is 4.74 Å². The highest BCUT2D eigenvalue weighted by Gasteiger charge is 2.31. The minimum atomic E-state index is -0.930. The Bertz CT molecular complexity index is 730. The maximum Gasteiger partial charge on any atom is 0.339 e. The maximum absolute atomic E-state index is 12.5. The second-order valence-electron chi connectivity index (χ2n) is 6.36. The van der Waals surface area contributed by atoms with Crippen LogP contribution >= 0.6 is 0 Å². The van der Waals surface area contributed by atoms with Gasteiger partial charge in [0.1, 0.15) is 0 Å². The first-order chi connectivity index (χ1) is 11.5. The van der Waals surface area contributed by atoms with E-state index in [9.17, 15) is 9.59 Å². The van der Waals surface area contributed by atoms with Crippen molar-refractivity contribution in [3.05, 3.63) is 70.8 Å². The van der Waals surface area contributed by atoms with Crippen LogP contribution in [0.1, 0.15) is 46.0 Å². The number of ether oxygens (including phenoxy) is 1. The van der Waals surface area contributed by atoms with E-state index in [2.05, 4.69) is 5.32 Å². The van der Waals surface area contributed by atoms with Gasteiger partial charge < -0.3 is 10.1 Å². The number of carbonyl (C=O) groups excluding carboxylic acids is 2. The molecule has 3 rings (SSSR count). The van der Waals surface area contributed by atoms with E-state index < -0.39 is 12.1 Å². The van der Waals surface area contributed by atoms with Crippen molar-refractivity contribution in [2.45, 2.75) is 38.8 Å². The summed E-state index contributed by atoms with van der Waals surface area (Å²) < 4.78 is 5.57. The summed E-state index contributed by atoms with van der Waals surface area (Å²) in [7, 11) is 0. The van der Waals surface area contributed by atoms with Gasteiger partial charge in [-0.3, -0.25) is 4.79 Å². The Kier molecular flexibility index (Phi) is 4.65. The van der Waals surface area contributed by atoms with Crippen molar-refractivity contribution < 1.29 is 14.3 Å². The van der Waals surface area contributed by atoms with Crippen LogP contribution in [0.3, 0.4) is 0 Å². The van der Waals surface area contributed by atoms with Crippen molar-refractivity contribution in [3.63, 3.8) is 0 Å². The molecule has 4 heteroatoms. The summed E-state index contributed by atoms with van der Waals surface area (Å²) in [5, 5.41) is 2.92. The van der Waals surface area contributed by atoms with Crippen LogP contribution in [0.15, 0.2) is 48.5 Å². The van der Waals surface area contributed by atoms with Gasteiger partial charge in [0, 0.05) is 11.6 Å². The van der Waals surface area contributed by atoms with Gasteiger partial charge in [-0.25, -0.2) is 4.79 Å². The van der Waals surface area contributed by atoms with Crippen LogP contribution in [0.4, 0.5) is 0 Å². The first kappa shape index (κ1) is 16.2. The molecule has 0 aromatic heterocycles. The van der Waals surface area contributed by atoms with Crippen LogP contribution in [0.5, 0.6) is 0 Å². The van der Waals surface area contributed by atoms with Gasteiger partial charge in [0.15, 0.2) is 0 Å². The standard InChI is InChI=1S/C20H21NO3/c1-13-10-14(2)12-16(11-13)20(23)24-18(15-6-4-3-5-7-15)19(22)21-17-8-9-17/h3-7,10-12,17-18H,8-9H2,1-2H3,(H,21,22)/t18-/m1/s1. The van der Waals surface area contributed by atoms with Gasteiger partial charge in [0.2, 0.25) is 6.10 Å². The lowest BCUT2D eigenvalue weighted by Gasteiger charge is -2.18. The lowest BCUT2D eigenvalue weighted by molar-refractivity contribution is -0.130. The first-order valence-electron chi connectivity index (χ1n) is 8.17. The predicted octanol–water partition coefficient (Wildman–Crippen LogP) is 3.48. The van der Waals surface area contributed by atoms with Crippen LogP contribution in [-0.4, -0.2) is 17.9 Å². The van der Waals surface area contributed by atoms with Crippen LogP contribution in [-0.2, 0) is 9.53 Å². The van der Waals surface area contributed by atoms with Gasteiger partial charge in [-0.05, 0) is 38.8 Å². The fraction of sp³-hybridized carbons (Fsp3) is 0.300. The first-order valence-corrected chi connectivity index (χ1v) is 8.17. The number of esters is 1. The molecule has 1 atom stereocenters. The fourth-order valence-corrected chi connectivity index (χ4v) is 2.67. The average molecular weight is 323 g/mol. The van der Waals surface area contributed by atoms with Crippen LogP contribution in [0, 0.1) is 13.8 Å². The molecule has 24 heavy (non-hydrogen) atoms. The monoisotopic (exact) mass is 323 g/mol. The largest absolute Gasteiger partial charge is 0.444 e. The zero-order valence-corrected chi connectivity index (χ0v) is 13.9. The van der Waals surface area contributed by atoms with Crippen LogP contribution in [0.2, 0.25) is 0 Å². The third-order valence-corrected chi connectivity index (χ3v) is 3.95. The maximum atomic E-state index is 12.5. The van der Waals surface area contributed by atoms with Gasteiger partial charge in [0.25, 0.3) is 5.91 Å². The number of hydrogen-bond donors (Lipinski definition) is 1. The number of amides is 1. The molecule has 0 bridgehead atoms. The summed E-state index contributed by atoms with van der Waals surface area (Å²) in [6.45, 7) is 3.86. The second kappa shape index (κ2) is 6.87. The average Bonchev–Trinajstić information content (AvgIpc) is 3.36. The molecule has 124 valence electrons. The minimum absolute atomic E-state index is 0.212. The quantitative estimate of drug-likeness (QED) is 0.857. The normalized spacial score (nSPS) is 14.8. The Morgan fingerprint density at radius 2 is 1.67 bits per heavy atom. The molecule has 0 radical (unpaired) electrons. The Morgan fingerprint density at radius 3 is 2.25 bits per heavy atom. The SMILES string of the molecule is Cc1cc(C)cc(C(=O)O[C@@H](C(=O)NC2CC2)c2ccccc2)c1. The van der Waals surface area contributed by atoms with Gasteiger partial charge in [-0.15, -0.1) is 0 Å². The lowest BCUT2D eigenvalue weighted by atomic mass is 10.1. The zero-order valence-electron chi connectivity index (χ0n) is 13.9. The molecule has 1 N–H and O–H groups in total. The molecule has 0 heterocycles. The second-order valence-corrected chi connectivity index (χ2v) is 6.36. The molecule has 1 aliphatic carbocycles. The van der Waals surface area contributed by atoms with Crippen molar-refractivity contribution in [2.24, 2.45) is 0 Å². The molecule has 0 spiro atoms. The molecule has 0 aliphatic heterocycles. The Balaban J connectivity index is 1.82. The smallest absolute Gasteiger partial charge is 0.339 e.